The Labute approximate surface area is 186 Å². The minimum Gasteiger partial charge on any atom is -0.444 e. The van der Waals surface area contributed by atoms with Crippen LogP contribution in [0.4, 0.5) is 4.79 Å². The summed E-state index contributed by atoms with van der Waals surface area (Å²) in [7, 11) is 3.54. The van der Waals surface area contributed by atoms with E-state index in [1.54, 1.807) is 19.1 Å². The second-order valence-corrected chi connectivity index (χ2v) is 8.46. The molecule has 2 aliphatic rings. The average molecular weight is 511 g/mol. The summed E-state index contributed by atoms with van der Waals surface area (Å²) >= 11 is 0. The van der Waals surface area contributed by atoms with Crippen molar-refractivity contribution in [3.63, 3.8) is 0 Å². The van der Waals surface area contributed by atoms with E-state index in [9.17, 15) is 4.79 Å². The highest BCUT2D eigenvalue weighted by molar-refractivity contribution is 14.0. The lowest BCUT2D eigenvalue weighted by atomic mass is 9.97. The molecule has 0 aromatic rings. The minimum atomic E-state index is -0.452. The molecule has 0 aromatic heterocycles. The summed E-state index contributed by atoms with van der Waals surface area (Å²) in [5.41, 5.74) is -0.452. The van der Waals surface area contributed by atoms with Crippen LogP contribution in [0, 0.1) is 5.92 Å². The molecule has 1 amide bonds. The van der Waals surface area contributed by atoms with Crippen molar-refractivity contribution < 1.29 is 14.3 Å². The Morgan fingerprint density at radius 2 is 1.86 bits per heavy atom. The number of methoxy groups -OCH3 is 1. The van der Waals surface area contributed by atoms with Gasteiger partial charge in [-0.3, -0.25) is 4.99 Å². The third kappa shape index (κ3) is 8.69. The molecule has 0 atom stereocenters. The zero-order valence-electron chi connectivity index (χ0n) is 18.0. The van der Waals surface area contributed by atoms with Crippen molar-refractivity contribution in [1.29, 1.82) is 0 Å². The molecular weight excluding hydrogens is 473 g/mol. The SMILES string of the molecule is CN=C(NCC1CCN(CCOC)CC1)NC1CN(C(=O)OC(C)(C)C)C1.I. The standard InChI is InChI=1S/C19H37N5O3.HI/c1-19(2,3)27-18(25)24-13-16(14-24)22-17(20-4)21-12-15-6-8-23(9-7-15)10-11-26-5;/h15-16H,6-14H2,1-5H3,(H2,20,21,22);1H. The lowest BCUT2D eigenvalue weighted by molar-refractivity contribution is 0.00700. The number of hydrogen-bond donors (Lipinski definition) is 2. The zero-order chi connectivity index (χ0) is 19.9. The minimum absolute atomic E-state index is 0. The number of halogens is 1. The van der Waals surface area contributed by atoms with E-state index in [1.807, 2.05) is 20.8 Å². The van der Waals surface area contributed by atoms with E-state index in [2.05, 4.69) is 20.5 Å². The van der Waals surface area contributed by atoms with Gasteiger partial charge in [-0.05, 0) is 52.6 Å². The Hall–Kier alpha value is -0.810. The van der Waals surface area contributed by atoms with E-state index in [1.165, 1.54) is 12.8 Å². The molecule has 2 rings (SSSR count). The van der Waals surface area contributed by atoms with Gasteiger partial charge in [0.2, 0.25) is 0 Å². The van der Waals surface area contributed by atoms with Gasteiger partial charge in [-0.2, -0.15) is 0 Å². The summed E-state index contributed by atoms with van der Waals surface area (Å²) in [6.45, 7) is 12.0. The molecule has 0 saturated carbocycles. The highest BCUT2D eigenvalue weighted by Gasteiger charge is 2.34. The van der Waals surface area contributed by atoms with Crippen LogP contribution in [0.3, 0.4) is 0 Å². The molecule has 0 radical (unpaired) electrons. The zero-order valence-corrected chi connectivity index (χ0v) is 20.3. The normalized spacial score (nSPS) is 19.6. The van der Waals surface area contributed by atoms with Crippen LogP contribution in [0.25, 0.3) is 0 Å². The molecule has 2 fully saturated rings. The van der Waals surface area contributed by atoms with Crippen LogP contribution in [-0.2, 0) is 9.47 Å². The molecule has 28 heavy (non-hydrogen) atoms. The van der Waals surface area contributed by atoms with Crippen molar-refractivity contribution in [3.8, 4) is 0 Å². The number of likely N-dealkylation sites (tertiary alicyclic amines) is 2. The van der Waals surface area contributed by atoms with Crippen molar-refractivity contribution in [3.05, 3.63) is 0 Å². The number of aliphatic imine (C=N–C) groups is 1. The van der Waals surface area contributed by atoms with Gasteiger partial charge in [-0.1, -0.05) is 0 Å². The molecule has 0 bridgehead atoms. The largest absolute Gasteiger partial charge is 0.444 e. The van der Waals surface area contributed by atoms with Gasteiger partial charge < -0.3 is 29.9 Å². The third-order valence-corrected chi connectivity index (χ3v) is 4.97. The van der Waals surface area contributed by atoms with Crippen LogP contribution in [0.1, 0.15) is 33.6 Å². The lowest BCUT2D eigenvalue weighted by Gasteiger charge is -2.40. The maximum Gasteiger partial charge on any atom is 0.410 e. The fourth-order valence-corrected chi connectivity index (χ4v) is 3.31. The van der Waals surface area contributed by atoms with Gasteiger partial charge in [0.25, 0.3) is 0 Å². The Morgan fingerprint density at radius 1 is 1.21 bits per heavy atom. The van der Waals surface area contributed by atoms with Gasteiger partial charge in [0, 0.05) is 40.3 Å². The molecule has 9 heteroatoms. The molecule has 0 aromatic carbocycles. The van der Waals surface area contributed by atoms with E-state index in [0.717, 1.165) is 38.7 Å². The first kappa shape index (κ1) is 25.2. The van der Waals surface area contributed by atoms with Gasteiger partial charge in [0.1, 0.15) is 5.60 Å². The molecular formula is C19H38IN5O3. The monoisotopic (exact) mass is 511 g/mol. The second-order valence-electron chi connectivity index (χ2n) is 8.46. The summed E-state index contributed by atoms with van der Waals surface area (Å²) in [4.78, 5) is 20.5. The van der Waals surface area contributed by atoms with Crippen molar-refractivity contribution in [2.75, 3.05) is 60.0 Å². The highest BCUT2D eigenvalue weighted by Crippen LogP contribution is 2.17. The lowest BCUT2D eigenvalue weighted by Crippen LogP contribution is -2.63. The van der Waals surface area contributed by atoms with Crippen molar-refractivity contribution in [1.82, 2.24) is 20.4 Å². The van der Waals surface area contributed by atoms with Crippen LogP contribution >= 0.6 is 24.0 Å². The van der Waals surface area contributed by atoms with E-state index in [-0.39, 0.29) is 36.1 Å². The highest BCUT2D eigenvalue weighted by atomic mass is 127. The molecule has 0 aliphatic carbocycles. The Balaban J connectivity index is 0.00000392. The molecule has 2 N–H and O–H groups in total. The molecule has 0 unspecified atom stereocenters. The number of nitrogens with zero attached hydrogens (tertiary/aromatic N) is 3. The van der Waals surface area contributed by atoms with Gasteiger partial charge in [-0.25, -0.2) is 4.79 Å². The van der Waals surface area contributed by atoms with Gasteiger partial charge >= 0.3 is 6.09 Å². The number of guanidine groups is 1. The summed E-state index contributed by atoms with van der Waals surface area (Å²) in [6, 6.07) is 0.222. The van der Waals surface area contributed by atoms with Crippen molar-refractivity contribution in [2.24, 2.45) is 10.9 Å². The predicted molar refractivity (Wildman–Crippen MR) is 123 cm³/mol. The van der Waals surface area contributed by atoms with Crippen LogP contribution < -0.4 is 10.6 Å². The first-order valence-corrected chi connectivity index (χ1v) is 9.97. The number of ether oxygens (including phenoxy) is 2. The predicted octanol–water partition coefficient (Wildman–Crippen LogP) is 1.75. The molecule has 8 nitrogen and oxygen atoms in total. The first-order chi connectivity index (χ1) is 12.8. The molecule has 2 heterocycles. The number of rotatable bonds is 6. The van der Waals surface area contributed by atoms with E-state index in [0.29, 0.717) is 19.0 Å². The molecule has 2 saturated heterocycles. The Kier molecular flexibility index (Phi) is 10.8. The maximum atomic E-state index is 12.0. The smallest absolute Gasteiger partial charge is 0.410 e. The average Bonchev–Trinajstić information content (AvgIpc) is 2.57. The van der Waals surface area contributed by atoms with Crippen LogP contribution in [0.15, 0.2) is 4.99 Å². The summed E-state index contributed by atoms with van der Waals surface area (Å²) < 4.78 is 10.5. The van der Waals surface area contributed by atoms with Crippen molar-refractivity contribution >= 4 is 36.0 Å². The summed E-state index contributed by atoms with van der Waals surface area (Å²) in [5, 5.41) is 6.83. The van der Waals surface area contributed by atoms with Gasteiger partial charge in [0.15, 0.2) is 5.96 Å². The molecule has 2 aliphatic heterocycles. The number of hydrogen-bond acceptors (Lipinski definition) is 5. The van der Waals surface area contributed by atoms with E-state index < -0.39 is 5.60 Å². The van der Waals surface area contributed by atoms with Gasteiger partial charge in [0.05, 0.1) is 12.6 Å². The van der Waals surface area contributed by atoms with Crippen molar-refractivity contribution in [2.45, 2.75) is 45.3 Å². The number of piperidine rings is 1. The fraction of sp³-hybridized carbons (Fsp3) is 0.895. The van der Waals surface area contributed by atoms with E-state index in [4.69, 9.17) is 9.47 Å². The Morgan fingerprint density at radius 3 is 2.39 bits per heavy atom. The fourth-order valence-electron chi connectivity index (χ4n) is 3.31. The molecule has 0 spiro atoms. The second kappa shape index (κ2) is 12.0. The van der Waals surface area contributed by atoms with Crippen LogP contribution in [0.2, 0.25) is 0 Å². The quantitative estimate of drug-likeness (QED) is 0.322. The first-order valence-electron chi connectivity index (χ1n) is 9.97. The summed E-state index contributed by atoms with van der Waals surface area (Å²) in [5.74, 6) is 1.48. The number of carbonyl (C=O) groups is 1. The summed E-state index contributed by atoms with van der Waals surface area (Å²) in [6.07, 6.45) is 2.15. The maximum absolute atomic E-state index is 12.0. The van der Waals surface area contributed by atoms with Crippen LogP contribution in [0.5, 0.6) is 0 Å². The van der Waals surface area contributed by atoms with E-state index >= 15 is 0 Å². The number of carbonyl (C=O) groups excluding carboxylic acids is 1. The topological polar surface area (TPSA) is 78.4 Å². The number of nitrogens with one attached hydrogen (secondary N) is 2. The number of amides is 1. The Bertz CT molecular complexity index is 498. The van der Waals surface area contributed by atoms with Crippen LogP contribution in [-0.4, -0.2) is 93.5 Å². The van der Waals surface area contributed by atoms with Gasteiger partial charge in [-0.15, -0.1) is 24.0 Å². The molecule has 164 valence electrons. The third-order valence-electron chi connectivity index (χ3n) is 4.97.